The van der Waals surface area contributed by atoms with Gasteiger partial charge in [-0.1, -0.05) is 12.5 Å². The molecule has 102 valence electrons. The van der Waals surface area contributed by atoms with Crippen molar-refractivity contribution in [2.24, 2.45) is 11.8 Å². The minimum Gasteiger partial charge on any atom is -0.497 e. The van der Waals surface area contributed by atoms with E-state index in [4.69, 9.17) is 17.0 Å². The zero-order valence-corrected chi connectivity index (χ0v) is 12.0. The Bertz CT molecular complexity index is 477. The molecule has 2 N–H and O–H groups in total. The fourth-order valence-corrected chi connectivity index (χ4v) is 3.73. The van der Waals surface area contributed by atoms with Crippen molar-refractivity contribution in [3.8, 4) is 5.75 Å². The number of anilines is 1. The number of hydrogen-bond donors (Lipinski definition) is 2. The minimum atomic E-state index is 0.573. The van der Waals surface area contributed by atoms with Gasteiger partial charge < -0.3 is 15.4 Å². The summed E-state index contributed by atoms with van der Waals surface area (Å²) >= 11 is 5.40. The molecule has 0 saturated heterocycles. The van der Waals surface area contributed by atoms with Gasteiger partial charge >= 0.3 is 0 Å². The van der Waals surface area contributed by atoms with Crippen LogP contribution in [0, 0.1) is 11.8 Å². The number of nitrogens with one attached hydrogen (secondary N) is 2. The predicted molar refractivity (Wildman–Crippen MR) is 81.6 cm³/mol. The highest BCUT2D eigenvalue weighted by molar-refractivity contribution is 7.80. The molecule has 2 saturated carbocycles. The zero-order valence-electron chi connectivity index (χ0n) is 11.2. The Hall–Kier alpha value is -1.29. The molecule has 0 heterocycles. The molecule has 4 heteroatoms. The van der Waals surface area contributed by atoms with Gasteiger partial charge in [0.1, 0.15) is 5.75 Å². The molecule has 0 unspecified atom stereocenters. The van der Waals surface area contributed by atoms with E-state index in [9.17, 15) is 0 Å². The number of ether oxygens (including phenoxy) is 1. The lowest BCUT2D eigenvalue weighted by Crippen LogP contribution is -2.40. The van der Waals surface area contributed by atoms with Gasteiger partial charge in [-0.05, 0) is 55.4 Å². The van der Waals surface area contributed by atoms with Crippen LogP contribution in [0.3, 0.4) is 0 Å². The van der Waals surface area contributed by atoms with Crippen LogP contribution in [-0.4, -0.2) is 18.3 Å². The number of thiocarbonyl (C=S) groups is 1. The van der Waals surface area contributed by atoms with Gasteiger partial charge in [-0.3, -0.25) is 0 Å². The molecule has 3 atom stereocenters. The van der Waals surface area contributed by atoms with Gasteiger partial charge in [0.2, 0.25) is 0 Å². The third kappa shape index (κ3) is 2.84. The molecule has 2 fully saturated rings. The van der Waals surface area contributed by atoms with Gasteiger partial charge in [-0.2, -0.15) is 0 Å². The molecule has 2 aliphatic carbocycles. The first-order chi connectivity index (χ1) is 9.24. The molecule has 3 rings (SSSR count). The highest BCUT2D eigenvalue weighted by atomic mass is 32.1. The molecule has 0 aromatic heterocycles. The lowest BCUT2D eigenvalue weighted by molar-refractivity contribution is 0.392. The Morgan fingerprint density at radius 3 is 2.89 bits per heavy atom. The van der Waals surface area contributed by atoms with E-state index in [1.165, 1.54) is 25.7 Å². The summed E-state index contributed by atoms with van der Waals surface area (Å²) in [5, 5.41) is 7.45. The summed E-state index contributed by atoms with van der Waals surface area (Å²) in [4.78, 5) is 0. The van der Waals surface area contributed by atoms with E-state index in [1.807, 2.05) is 24.3 Å². The summed E-state index contributed by atoms with van der Waals surface area (Å²) in [5.74, 6) is 2.60. The largest absolute Gasteiger partial charge is 0.497 e. The average molecular weight is 276 g/mol. The standard InChI is InChI=1S/C15H20N2OS/c1-18-13-4-2-3-12(9-13)16-15(19)17-14-8-10-5-6-11(14)7-10/h2-4,9-11,14H,5-8H2,1H3,(H2,16,17,19)/t10-,11-,14+/m1/s1. The van der Waals surface area contributed by atoms with Gasteiger partial charge in [0.25, 0.3) is 0 Å². The highest BCUT2D eigenvalue weighted by Gasteiger charge is 2.39. The Balaban J connectivity index is 1.56. The summed E-state index contributed by atoms with van der Waals surface area (Å²) in [7, 11) is 1.67. The van der Waals surface area contributed by atoms with E-state index in [2.05, 4.69) is 10.6 Å². The van der Waals surface area contributed by atoms with E-state index in [0.29, 0.717) is 6.04 Å². The molecule has 2 aliphatic rings. The molecule has 2 bridgehead atoms. The summed E-state index contributed by atoms with van der Waals surface area (Å²) in [6.45, 7) is 0. The second-order valence-corrected chi connectivity index (χ2v) is 6.02. The molecule has 0 aliphatic heterocycles. The molecule has 19 heavy (non-hydrogen) atoms. The molecule has 0 spiro atoms. The molecule has 1 aromatic carbocycles. The molecule has 0 radical (unpaired) electrons. The lowest BCUT2D eigenvalue weighted by atomic mass is 9.96. The quantitative estimate of drug-likeness (QED) is 0.831. The van der Waals surface area contributed by atoms with E-state index in [0.717, 1.165) is 28.4 Å². The average Bonchev–Trinajstić information content (AvgIpc) is 3.01. The van der Waals surface area contributed by atoms with Crippen LogP contribution >= 0.6 is 12.2 Å². The Labute approximate surface area is 119 Å². The zero-order chi connectivity index (χ0) is 13.2. The topological polar surface area (TPSA) is 33.3 Å². The molecular weight excluding hydrogens is 256 g/mol. The van der Waals surface area contributed by atoms with Crippen LogP contribution in [0.15, 0.2) is 24.3 Å². The monoisotopic (exact) mass is 276 g/mol. The molecular formula is C15H20N2OS. The van der Waals surface area contributed by atoms with Crippen molar-refractivity contribution in [3.05, 3.63) is 24.3 Å². The van der Waals surface area contributed by atoms with Crippen LogP contribution in [0.5, 0.6) is 5.75 Å². The van der Waals surface area contributed by atoms with Crippen molar-refractivity contribution in [2.45, 2.75) is 31.7 Å². The summed E-state index contributed by atoms with van der Waals surface area (Å²) in [6, 6.07) is 8.41. The molecule has 0 amide bonds. The highest BCUT2D eigenvalue weighted by Crippen LogP contribution is 2.44. The van der Waals surface area contributed by atoms with E-state index in [1.54, 1.807) is 7.11 Å². The Morgan fingerprint density at radius 2 is 2.21 bits per heavy atom. The first kappa shape index (κ1) is 12.7. The van der Waals surface area contributed by atoms with E-state index < -0.39 is 0 Å². The molecule has 3 nitrogen and oxygen atoms in total. The number of benzene rings is 1. The fourth-order valence-electron chi connectivity index (χ4n) is 3.46. The second-order valence-electron chi connectivity index (χ2n) is 5.61. The summed E-state index contributed by atoms with van der Waals surface area (Å²) in [6.07, 6.45) is 5.45. The second kappa shape index (κ2) is 5.37. The Morgan fingerprint density at radius 1 is 1.32 bits per heavy atom. The smallest absolute Gasteiger partial charge is 0.171 e. The van der Waals surface area contributed by atoms with Crippen LogP contribution in [0.4, 0.5) is 5.69 Å². The van der Waals surface area contributed by atoms with Crippen LogP contribution in [0.1, 0.15) is 25.7 Å². The Kier molecular flexibility index (Phi) is 3.60. The fraction of sp³-hybridized carbons (Fsp3) is 0.533. The predicted octanol–water partition coefficient (Wildman–Crippen LogP) is 3.17. The van der Waals surface area contributed by atoms with Crippen molar-refractivity contribution in [1.82, 2.24) is 5.32 Å². The summed E-state index contributed by atoms with van der Waals surface area (Å²) < 4.78 is 5.21. The minimum absolute atomic E-state index is 0.573. The van der Waals surface area contributed by atoms with Gasteiger partial charge in [-0.15, -0.1) is 0 Å². The third-order valence-electron chi connectivity index (χ3n) is 4.38. The van der Waals surface area contributed by atoms with Crippen LogP contribution in [0.25, 0.3) is 0 Å². The number of methoxy groups -OCH3 is 1. The van der Waals surface area contributed by atoms with Crippen LogP contribution < -0.4 is 15.4 Å². The third-order valence-corrected chi connectivity index (χ3v) is 4.60. The van der Waals surface area contributed by atoms with E-state index >= 15 is 0 Å². The normalized spacial score (nSPS) is 28.2. The van der Waals surface area contributed by atoms with Crippen molar-refractivity contribution < 1.29 is 4.74 Å². The lowest BCUT2D eigenvalue weighted by Gasteiger charge is -2.24. The van der Waals surface area contributed by atoms with Crippen LogP contribution in [-0.2, 0) is 0 Å². The maximum absolute atomic E-state index is 5.40. The van der Waals surface area contributed by atoms with E-state index in [-0.39, 0.29) is 0 Å². The first-order valence-corrected chi connectivity index (χ1v) is 7.37. The molecule has 1 aromatic rings. The van der Waals surface area contributed by atoms with Gasteiger partial charge in [0.15, 0.2) is 5.11 Å². The van der Waals surface area contributed by atoms with Gasteiger partial charge in [0.05, 0.1) is 7.11 Å². The van der Waals surface area contributed by atoms with Crippen molar-refractivity contribution in [3.63, 3.8) is 0 Å². The van der Waals surface area contributed by atoms with Crippen molar-refractivity contribution >= 4 is 23.0 Å². The summed E-state index contributed by atoms with van der Waals surface area (Å²) in [5.41, 5.74) is 0.972. The van der Waals surface area contributed by atoms with Crippen molar-refractivity contribution in [1.29, 1.82) is 0 Å². The maximum atomic E-state index is 5.40. The van der Waals surface area contributed by atoms with Crippen molar-refractivity contribution in [2.75, 3.05) is 12.4 Å². The maximum Gasteiger partial charge on any atom is 0.171 e. The number of fused-ring (bicyclic) bond motifs is 2. The SMILES string of the molecule is COc1cccc(NC(=S)N[C@H]2C[C@@H]3CC[C@@H]2C3)c1. The van der Waals surface area contributed by atoms with Crippen LogP contribution in [0.2, 0.25) is 0 Å². The van der Waals surface area contributed by atoms with Gasteiger partial charge in [0, 0.05) is 17.8 Å². The number of rotatable bonds is 3. The van der Waals surface area contributed by atoms with Gasteiger partial charge in [-0.25, -0.2) is 0 Å². The first-order valence-electron chi connectivity index (χ1n) is 6.96. The number of hydrogen-bond acceptors (Lipinski definition) is 2.